The van der Waals surface area contributed by atoms with Crippen molar-refractivity contribution in [3.63, 3.8) is 0 Å². The van der Waals surface area contributed by atoms with E-state index in [-0.39, 0.29) is 0 Å². The van der Waals surface area contributed by atoms with Gasteiger partial charge < -0.3 is 10.2 Å². The van der Waals surface area contributed by atoms with Gasteiger partial charge in [-0.2, -0.15) is 0 Å². The summed E-state index contributed by atoms with van der Waals surface area (Å²) in [6.45, 7) is 0. The van der Waals surface area contributed by atoms with Crippen LogP contribution in [0.4, 0.5) is 0 Å². The lowest BCUT2D eigenvalue weighted by molar-refractivity contribution is -0.142. The molecule has 0 aromatic heterocycles. The van der Waals surface area contributed by atoms with Gasteiger partial charge in [0.25, 0.3) is 0 Å². The quantitative estimate of drug-likeness (QED) is 0.775. The first-order chi connectivity index (χ1) is 7.12. The maximum Gasteiger partial charge on any atom is 0.306 e. The molecular formula is C12H14O3. The number of hydrogen-bond donors (Lipinski definition) is 2. The first-order valence-electron chi connectivity index (χ1n) is 5.12. The predicted octanol–water partition coefficient (Wildman–Crippen LogP) is 1.76. The van der Waals surface area contributed by atoms with Crippen molar-refractivity contribution in [2.45, 2.75) is 24.9 Å². The fourth-order valence-corrected chi connectivity index (χ4v) is 2.25. The SMILES string of the molecule is O=C(O)[C@H]1CC[C@](O)(c2ccccc2)C1. The topological polar surface area (TPSA) is 57.5 Å². The van der Waals surface area contributed by atoms with E-state index in [1.54, 1.807) is 0 Å². The number of aliphatic hydroxyl groups is 1. The molecule has 1 aromatic carbocycles. The van der Waals surface area contributed by atoms with Crippen LogP contribution in [0, 0.1) is 5.92 Å². The Bertz CT molecular complexity index is 360. The minimum absolute atomic E-state index is 0.326. The van der Waals surface area contributed by atoms with Crippen LogP contribution in [0.5, 0.6) is 0 Å². The second-order valence-electron chi connectivity index (χ2n) is 4.18. The molecule has 2 N–H and O–H groups in total. The minimum atomic E-state index is -0.940. The van der Waals surface area contributed by atoms with Gasteiger partial charge >= 0.3 is 5.97 Å². The van der Waals surface area contributed by atoms with Crippen LogP contribution in [0.2, 0.25) is 0 Å². The van der Waals surface area contributed by atoms with Crippen LogP contribution in [-0.4, -0.2) is 16.2 Å². The summed E-state index contributed by atoms with van der Waals surface area (Å²) in [7, 11) is 0. The highest BCUT2D eigenvalue weighted by Gasteiger charge is 2.41. The molecule has 0 radical (unpaired) electrons. The van der Waals surface area contributed by atoms with Crippen LogP contribution in [-0.2, 0) is 10.4 Å². The summed E-state index contributed by atoms with van der Waals surface area (Å²) in [6, 6.07) is 9.31. The zero-order chi connectivity index (χ0) is 10.9. The Hall–Kier alpha value is -1.35. The van der Waals surface area contributed by atoms with Crippen molar-refractivity contribution in [1.29, 1.82) is 0 Å². The Labute approximate surface area is 88.4 Å². The van der Waals surface area contributed by atoms with Gasteiger partial charge in [-0.1, -0.05) is 30.3 Å². The molecule has 1 fully saturated rings. The molecule has 3 nitrogen and oxygen atoms in total. The summed E-state index contributed by atoms with van der Waals surface area (Å²) in [5, 5.41) is 19.2. The van der Waals surface area contributed by atoms with E-state index < -0.39 is 17.5 Å². The number of carboxylic acid groups (broad SMARTS) is 1. The van der Waals surface area contributed by atoms with Crippen LogP contribution >= 0.6 is 0 Å². The molecule has 15 heavy (non-hydrogen) atoms. The van der Waals surface area contributed by atoms with E-state index in [9.17, 15) is 9.90 Å². The molecule has 1 aromatic rings. The molecule has 0 spiro atoms. The molecule has 80 valence electrons. The smallest absolute Gasteiger partial charge is 0.306 e. The highest BCUT2D eigenvalue weighted by molar-refractivity contribution is 5.70. The fourth-order valence-electron chi connectivity index (χ4n) is 2.25. The summed E-state index contributed by atoms with van der Waals surface area (Å²) in [5.74, 6) is -1.21. The lowest BCUT2D eigenvalue weighted by atomic mass is 9.91. The highest BCUT2D eigenvalue weighted by atomic mass is 16.4. The van der Waals surface area contributed by atoms with Crippen LogP contribution in [0.1, 0.15) is 24.8 Å². The van der Waals surface area contributed by atoms with Gasteiger partial charge in [0.15, 0.2) is 0 Å². The van der Waals surface area contributed by atoms with Gasteiger partial charge in [0, 0.05) is 0 Å². The number of aliphatic carboxylic acids is 1. The van der Waals surface area contributed by atoms with E-state index in [4.69, 9.17) is 5.11 Å². The van der Waals surface area contributed by atoms with Crippen LogP contribution in [0.15, 0.2) is 30.3 Å². The summed E-state index contributed by atoms with van der Waals surface area (Å²) in [4.78, 5) is 10.8. The van der Waals surface area contributed by atoms with E-state index in [0.29, 0.717) is 19.3 Å². The van der Waals surface area contributed by atoms with Gasteiger partial charge in [0.2, 0.25) is 0 Å². The molecule has 2 atom stereocenters. The van der Waals surface area contributed by atoms with E-state index in [1.807, 2.05) is 30.3 Å². The molecular weight excluding hydrogens is 192 g/mol. The lowest BCUT2D eigenvalue weighted by Gasteiger charge is -2.22. The number of rotatable bonds is 2. The van der Waals surface area contributed by atoms with Crippen LogP contribution < -0.4 is 0 Å². The molecule has 0 aliphatic heterocycles. The number of carboxylic acids is 1. The third kappa shape index (κ3) is 1.88. The third-order valence-electron chi connectivity index (χ3n) is 3.15. The van der Waals surface area contributed by atoms with E-state index in [1.165, 1.54) is 0 Å². The Kier molecular flexibility index (Phi) is 2.49. The molecule has 0 saturated heterocycles. The minimum Gasteiger partial charge on any atom is -0.481 e. The van der Waals surface area contributed by atoms with Crippen LogP contribution in [0.3, 0.4) is 0 Å². The predicted molar refractivity (Wildman–Crippen MR) is 55.3 cm³/mol. The normalized spacial score (nSPS) is 30.3. The standard InChI is InChI=1S/C12H14O3/c13-11(14)9-6-7-12(15,8-9)10-4-2-1-3-5-10/h1-5,9,15H,6-8H2,(H,13,14)/t9-,12+/m0/s1. The van der Waals surface area contributed by atoms with Gasteiger partial charge in [-0.15, -0.1) is 0 Å². The number of hydrogen-bond acceptors (Lipinski definition) is 2. The average molecular weight is 206 g/mol. The van der Waals surface area contributed by atoms with E-state index in [2.05, 4.69) is 0 Å². The fraction of sp³-hybridized carbons (Fsp3) is 0.417. The number of benzene rings is 1. The summed E-state index contributed by atoms with van der Waals surface area (Å²) >= 11 is 0. The van der Waals surface area contributed by atoms with Gasteiger partial charge in [0.05, 0.1) is 11.5 Å². The van der Waals surface area contributed by atoms with E-state index in [0.717, 1.165) is 5.56 Å². The molecule has 0 bridgehead atoms. The maximum atomic E-state index is 10.8. The summed E-state index contributed by atoms with van der Waals surface area (Å²) in [5.41, 5.74) is -0.113. The molecule has 0 heterocycles. The monoisotopic (exact) mass is 206 g/mol. The Morgan fingerprint density at radius 1 is 1.33 bits per heavy atom. The van der Waals surface area contributed by atoms with E-state index >= 15 is 0 Å². The molecule has 0 unspecified atom stereocenters. The highest BCUT2D eigenvalue weighted by Crippen LogP contribution is 2.41. The molecule has 2 rings (SSSR count). The third-order valence-corrected chi connectivity index (χ3v) is 3.15. The molecule has 0 amide bonds. The van der Waals surface area contributed by atoms with Crippen molar-refractivity contribution >= 4 is 5.97 Å². The second-order valence-corrected chi connectivity index (χ2v) is 4.18. The lowest BCUT2D eigenvalue weighted by Crippen LogP contribution is -2.23. The van der Waals surface area contributed by atoms with Crippen molar-refractivity contribution in [2.75, 3.05) is 0 Å². The van der Waals surface area contributed by atoms with Gasteiger partial charge in [-0.05, 0) is 24.8 Å². The van der Waals surface area contributed by atoms with Gasteiger partial charge in [-0.3, -0.25) is 4.79 Å². The van der Waals surface area contributed by atoms with Gasteiger partial charge in [0.1, 0.15) is 0 Å². The Morgan fingerprint density at radius 2 is 2.00 bits per heavy atom. The molecule has 3 heteroatoms. The molecule has 1 aliphatic rings. The zero-order valence-electron chi connectivity index (χ0n) is 8.39. The first kappa shape index (κ1) is 10.2. The average Bonchev–Trinajstić information content (AvgIpc) is 2.64. The number of carbonyl (C=O) groups is 1. The largest absolute Gasteiger partial charge is 0.481 e. The van der Waals surface area contributed by atoms with Crippen molar-refractivity contribution in [3.05, 3.63) is 35.9 Å². The zero-order valence-corrected chi connectivity index (χ0v) is 8.39. The molecule has 1 aliphatic carbocycles. The summed E-state index contributed by atoms with van der Waals surface area (Å²) in [6.07, 6.45) is 1.42. The molecule has 1 saturated carbocycles. The second kappa shape index (κ2) is 3.66. The van der Waals surface area contributed by atoms with Crippen molar-refractivity contribution in [2.24, 2.45) is 5.92 Å². The van der Waals surface area contributed by atoms with Crippen LogP contribution in [0.25, 0.3) is 0 Å². The maximum absolute atomic E-state index is 10.8. The Morgan fingerprint density at radius 3 is 2.53 bits per heavy atom. The van der Waals surface area contributed by atoms with Crippen molar-refractivity contribution in [1.82, 2.24) is 0 Å². The Balaban J connectivity index is 2.20. The van der Waals surface area contributed by atoms with Crippen molar-refractivity contribution in [3.8, 4) is 0 Å². The summed E-state index contributed by atoms with van der Waals surface area (Å²) < 4.78 is 0. The van der Waals surface area contributed by atoms with Crippen molar-refractivity contribution < 1.29 is 15.0 Å². The first-order valence-corrected chi connectivity index (χ1v) is 5.12. The van der Waals surface area contributed by atoms with Gasteiger partial charge in [-0.25, -0.2) is 0 Å².